The van der Waals surface area contributed by atoms with E-state index in [0.717, 1.165) is 35.5 Å². The van der Waals surface area contributed by atoms with Gasteiger partial charge in [0.15, 0.2) is 5.70 Å². The van der Waals surface area contributed by atoms with Gasteiger partial charge in [-0.2, -0.15) is 17.8 Å². The first-order valence-electron chi connectivity index (χ1n) is 11.8. The summed E-state index contributed by atoms with van der Waals surface area (Å²) in [4.78, 5) is 20.8. The Balaban J connectivity index is 1.24. The number of thioether (sulfide) groups is 1. The summed E-state index contributed by atoms with van der Waals surface area (Å²) in [6.45, 7) is 3.71. The molecule has 1 amide bonds. The molecule has 11 heteroatoms. The molecule has 0 spiro atoms. The molecule has 1 aromatic carbocycles. The first kappa shape index (κ1) is 23.8. The fourth-order valence-electron chi connectivity index (χ4n) is 5.43. The van der Waals surface area contributed by atoms with Crippen molar-refractivity contribution in [3.05, 3.63) is 70.7 Å². The molecule has 0 N–H and O–H groups in total. The Morgan fingerprint density at radius 1 is 1.11 bits per heavy atom. The number of alkyl halides is 3. The molecule has 4 aliphatic rings. The molecule has 0 unspecified atom stereocenters. The normalized spacial score (nSPS) is 24.4. The molecule has 0 radical (unpaired) electrons. The van der Waals surface area contributed by atoms with Gasteiger partial charge in [0.1, 0.15) is 18.4 Å². The molecule has 36 heavy (non-hydrogen) atoms. The van der Waals surface area contributed by atoms with E-state index in [1.54, 1.807) is 23.9 Å². The number of halogens is 4. The Bertz CT molecular complexity index is 1330. The molecule has 1 aromatic heterocycles. The molecule has 0 aliphatic carbocycles. The number of hydrogen-bond donors (Lipinski definition) is 0. The highest BCUT2D eigenvalue weighted by molar-refractivity contribution is 7.99. The molecule has 5 heterocycles. The topological polar surface area (TPSA) is 39.7 Å². The highest BCUT2D eigenvalue weighted by Crippen LogP contribution is 2.40. The minimum absolute atomic E-state index is 0.0985. The number of nitrogens with zero attached hydrogens (tertiary/aromatic N) is 5. The third kappa shape index (κ3) is 4.00. The van der Waals surface area contributed by atoms with E-state index in [0.29, 0.717) is 53.4 Å². The van der Waals surface area contributed by atoms with Crippen LogP contribution < -0.4 is 4.90 Å². The number of hydrogen-bond acceptors (Lipinski definition) is 5. The lowest BCUT2D eigenvalue weighted by molar-refractivity contribution is -0.948. The quantitative estimate of drug-likeness (QED) is 0.536. The molecule has 0 saturated carbocycles. The maximum Gasteiger partial charge on any atom is 0.433 e. The number of fused-ring (bicyclic) bond motifs is 2. The first-order chi connectivity index (χ1) is 17.2. The Labute approximate surface area is 215 Å². The van der Waals surface area contributed by atoms with E-state index in [2.05, 4.69) is 16.2 Å². The molecular weight excluding hydrogens is 511 g/mol. The van der Waals surface area contributed by atoms with Crippen molar-refractivity contribution in [1.29, 1.82) is 0 Å². The number of pyridine rings is 1. The average Bonchev–Trinajstić information content (AvgIpc) is 3.59. The van der Waals surface area contributed by atoms with E-state index in [-0.39, 0.29) is 11.4 Å². The minimum atomic E-state index is -4.55. The first-order valence-corrected chi connectivity index (χ1v) is 13.3. The van der Waals surface area contributed by atoms with Crippen molar-refractivity contribution in [2.24, 2.45) is 0 Å². The molecule has 1 atom stereocenters. The predicted octanol–water partition coefficient (Wildman–Crippen LogP) is 4.64. The SMILES string of the molecule is O=C(C1=CC2=CC=C[N@@+]2(N2CCN(c3cc(C(F)(F)F)nc4cc(Cl)ccc34)CC2)C1)N1CCSC1. The predicted molar refractivity (Wildman–Crippen MR) is 135 cm³/mol. The number of allylic oxidation sites excluding steroid dienone is 3. The van der Waals surface area contributed by atoms with Crippen LogP contribution in [-0.4, -0.2) is 76.3 Å². The molecule has 188 valence electrons. The number of rotatable bonds is 3. The summed E-state index contributed by atoms with van der Waals surface area (Å²) in [5.41, 5.74) is 1.69. The molecule has 6 nitrogen and oxygen atoms in total. The largest absolute Gasteiger partial charge is 0.433 e. The third-order valence-electron chi connectivity index (χ3n) is 7.24. The van der Waals surface area contributed by atoms with Crippen LogP contribution in [0.1, 0.15) is 5.69 Å². The van der Waals surface area contributed by atoms with Gasteiger partial charge < -0.3 is 9.80 Å². The van der Waals surface area contributed by atoms with Gasteiger partial charge in [-0.3, -0.25) is 4.79 Å². The lowest BCUT2D eigenvalue weighted by Gasteiger charge is -2.44. The van der Waals surface area contributed by atoms with Crippen LogP contribution in [-0.2, 0) is 11.0 Å². The fourth-order valence-corrected chi connectivity index (χ4v) is 6.55. The van der Waals surface area contributed by atoms with Gasteiger partial charge in [-0.05, 0) is 30.3 Å². The van der Waals surface area contributed by atoms with Crippen LogP contribution in [0.15, 0.2) is 60.0 Å². The van der Waals surface area contributed by atoms with Crippen molar-refractivity contribution in [3.8, 4) is 0 Å². The van der Waals surface area contributed by atoms with Crippen molar-refractivity contribution < 1.29 is 22.6 Å². The van der Waals surface area contributed by atoms with Gasteiger partial charge in [-0.25, -0.2) is 4.98 Å². The fraction of sp³-hybridized carbons (Fsp3) is 0.360. The van der Waals surface area contributed by atoms with Crippen LogP contribution in [0.4, 0.5) is 18.9 Å². The van der Waals surface area contributed by atoms with Gasteiger partial charge >= 0.3 is 6.18 Å². The number of benzene rings is 1. The van der Waals surface area contributed by atoms with Crippen molar-refractivity contribution in [3.63, 3.8) is 0 Å². The smallest absolute Gasteiger partial charge is 0.368 e. The number of carbonyl (C=O) groups is 1. The highest BCUT2D eigenvalue weighted by atomic mass is 35.5. The summed E-state index contributed by atoms with van der Waals surface area (Å²) in [5.74, 6) is 1.80. The van der Waals surface area contributed by atoms with Crippen LogP contribution in [0.5, 0.6) is 0 Å². The number of anilines is 1. The lowest BCUT2D eigenvalue weighted by atomic mass is 10.1. The lowest BCUT2D eigenvalue weighted by Crippen LogP contribution is -2.60. The summed E-state index contributed by atoms with van der Waals surface area (Å²) >= 11 is 7.82. The van der Waals surface area contributed by atoms with E-state index in [1.807, 2.05) is 28.0 Å². The summed E-state index contributed by atoms with van der Waals surface area (Å²) in [6, 6.07) is 6.03. The van der Waals surface area contributed by atoms with Crippen molar-refractivity contribution >= 4 is 45.9 Å². The zero-order valence-electron chi connectivity index (χ0n) is 19.3. The van der Waals surface area contributed by atoms with E-state index in [9.17, 15) is 18.0 Å². The number of amides is 1. The maximum atomic E-state index is 13.6. The van der Waals surface area contributed by atoms with Gasteiger partial charge in [0, 0.05) is 53.6 Å². The Morgan fingerprint density at radius 2 is 1.92 bits per heavy atom. The second kappa shape index (κ2) is 8.79. The second-order valence-electron chi connectivity index (χ2n) is 9.32. The van der Waals surface area contributed by atoms with Gasteiger partial charge in [-0.15, -0.1) is 16.8 Å². The summed E-state index contributed by atoms with van der Waals surface area (Å²) < 4.78 is 41.3. The van der Waals surface area contributed by atoms with Crippen molar-refractivity contribution in [1.82, 2.24) is 14.9 Å². The standard InChI is InChI=1S/C25H24ClF3N5OS/c26-18-3-4-20-21(13-18)30-23(25(27,28)29)14-22(20)31-5-7-33(8-6-31)34-10-1-2-19(34)12-17(15-34)24(35)32-9-11-36-16-32/h1-4,10,12-14H,5-9,11,15-16H2/q+1/t34-/m1/s1. The van der Waals surface area contributed by atoms with E-state index < -0.39 is 11.9 Å². The zero-order valence-corrected chi connectivity index (χ0v) is 20.9. The number of carbonyl (C=O) groups excluding carboxylic acids is 1. The molecule has 2 aromatic rings. The molecule has 0 bridgehead atoms. The van der Waals surface area contributed by atoms with Crippen LogP contribution >= 0.6 is 23.4 Å². The monoisotopic (exact) mass is 534 g/mol. The van der Waals surface area contributed by atoms with E-state index in [4.69, 9.17) is 11.6 Å². The van der Waals surface area contributed by atoms with Gasteiger partial charge in [-0.1, -0.05) is 11.6 Å². The number of aromatic nitrogens is 1. The minimum Gasteiger partial charge on any atom is -0.368 e. The van der Waals surface area contributed by atoms with Gasteiger partial charge in [0.25, 0.3) is 5.91 Å². The van der Waals surface area contributed by atoms with Crippen LogP contribution in [0.3, 0.4) is 0 Å². The second-order valence-corrected chi connectivity index (χ2v) is 10.8. The molecular formula is C25H24ClF3N5OS+. The van der Waals surface area contributed by atoms with Crippen LogP contribution in [0.2, 0.25) is 5.02 Å². The summed E-state index contributed by atoms with van der Waals surface area (Å²) in [7, 11) is 0. The van der Waals surface area contributed by atoms with Gasteiger partial charge in [0.05, 0.1) is 30.1 Å². The molecule has 2 saturated heterocycles. The summed E-state index contributed by atoms with van der Waals surface area (Å²) in [6.07, 6.45) is 3.62. The Kier molecular flexibility index (Phi) is 5.82. The number of quaternary nitrogens is 1. The molecule has 2 fully saturated rings. The molecule has 4 aliphatic heterocycles. The third-order valence-corrected chi connectivity index (χ3v) is 8.44. The zero-order chi connectivity index (χ0) is 25.1. The van der Waals surface area contributed by atoms with Crippen molar-refractivity contribution in [2.45, 2.75) is 6.18 Å². The number of piperazine rings is 1. The Morgan fingerprint density at radius 3 is 2.64 bits per heavy atom. The molecule has 6 rings (SSSR count). The van der Waals surface area contributed by atoms with E-state index >= 15 is 0 Å². The van der Waals surface area contributed by atoms with Crippen LogP contribution in [0, 0.1) is 0 Å². The van der Waals surface area contributed by atoms with Crippen molar-refractivity contribution in [2.75, 3.05) is 55.8 Å². The van der Waals surface area contributed by atoms with Crippen LogP contribution in [0.25, 0.3) is 10.9 Å². The Hall–Kier alpha value is -2.53. The van der Waals surface area contributed by atoms with Gasteiger partial charge in [0.2, 0.25) is 0 Å². The van der Waals surface area contributed by atoms with E-state index in [1.165, 1.54) is 6.07 Å². The average molecular weight is 535 g/mol. The highest BCUT2D eigenvalue weighted by Gasteiger charge is 2.48. The summed E-state index contributed by atoms with van der Waals surface area (Å²) in [5, 5.41) is 3.29. The maximum absolute atomic E-state index is 13.6.